The average Bonchev–Trinajstić information content (AvgIpc) is 3.02. The lowest BCUT2D eigenvalue weighted by molar-refractivity contribution is 0.415. The zero-order valence-corrected chi connectivity index (χ0v) is 17.7. The summed E-state index contributed by atoms with van der Waals surface area (Å²) in [5.74, 6) is 2.07. The second-order valence-electron chi connectivity index (χ2n) is 7.27. The number of nitrogens with one attached hydrogen (secondary N) is 1. The fraction of sp³-hybridized carbons (Fsp3) is 0.333. The Labute approximate surface area is 170 Å². The van der Waals surface area contributed by atoms with E-state index in [1.54, 1.807) is 13.2 Å². The summed E-state index contributed by atoms with van der Waals surface area (Å²) in [6.07, 6.45) is 0. The number of hydrogen-bond acceptors (Lipinski definition) is 5. The van der Waals surface area contributed by atoms with Crippen LogP contribution in [0, 0.1) is 4.77 Å². The fourth-order valence-corrected chi connectivity index (χ4v) is 3.40. The summed E-state index contributed by atoms with van der Waals surface area (Å²) in [7, 11) is 5.64. The van der Waals surface area contributed by atoms with E-state index in [9.17, 15) is 5.11 Å². The van der Waals surface area contributed by atoms with E-state index in [0.717, 1.165) is 34.0 Å². The van der Waals surface area contributed by atoms with E-state index in [1.807, 2.05) is 47.8 Å². The van der Waals surface area contributed by atoms with Gasteiger partial charge in [0, 0.05) is 19.7 Å². The Morgan fingerprint density at radius 1 is 1.21 bits per heavy atom. The molecule has 6 nitrogen and oxygen atoms in total. The van der Waals surface area contributed by atoms with Crippen molar-refractivity contribution in [2.24, 2.45) is 0 Å². The number of rotatable bonds is 6. The Kier molecular flexibility index (Phi) is 5.74. The first kappa shape index (κ1) is 19.9. The number of aromatic nitrogens is 3. The minimum atomic E-state index is 0.208. The molecule has 0 bridgehead atoms. The topological polar surface area (TPSA) is 66.3 Å². The van der Waals surface area contributed by atoms with Crippen molar-refractivity contribution in [3.63, 3.8) is 0 Å². The third-order valence-corrected chi connectivity index (χ3v) is 5.04. The van der Waals surface area contributed by atoms with Crippen LogP contribution in [0.4, 0.5) is 5.69 Å². The first-order valence-corrected chi connectivity index (χ1v) is 9.55. The predicted molar refractivity (Wildman–Crippen MR) is 115 cm³/mol. The predicted octanol–water partition coefficient (Wildman–Crippen LogP) is 4.56. The molecule has 0 unspecified atom stereocenters. The summed E-state index contributed by atoms with van der Waals surface area (Å²) < 4.78 is 7.97. The van der Waals surface area contributed by atoms with Crippen molar-refractivity contribution >= 4 is 17.9 Å². The third-order valence-electron chi connectivity index (χ3n) is 4.73. The molecule has 7 heteroatoms. The summed E-state index contributed by atoms with van der Waals surface area (Å²) in [4.78, 5) is 2.02. The highest BCUT2D eigenvalue weighted by Crippen LogP contribution is 2.31. The van der Waals surface area contributed by atoms with E-state index in [2.05, 4.69) is 30.1 Å². The molecule has 2 aromatic carbocycles. The quantitative estimate of drug-likeness (QED) is 0.596. The average molecular weight is 399 g/mol. The van der Waals surface area contributed by atoms with Crippen LogP contribution in [0.1, 0.15) is 30.9 Å². The Hall–Kier alpha value is -2.80. The van der Waals surface area contributed by atoms with Crippen LogP contribution in [0.3, 0.4) is 0 Å². The van der Waals surface area contributed by atoms with Crippen molar-refractivity contribution in [1.82, 2.24) is 14.8 Å². The number of phenols is 1. The lowest BCUT2D eigenvalue weighted by atomic mass is 9.99. The minimum absolute atomic E-state index is 0.208. The standard InChI is InChI=1S/C21H26N4O2S/c1-13(2)16-11-15(7-8-18(16)26)20-22-23-21(28)25(20)12-14-6-9-19(27-5)17(10-14)24(3)4/h6-11,13,26H,12H2,1-5H3,(H,23,28). The number of hydrogen-bond donors (Lipinski definition) is 2. The van der Waals surface area contributed by atoms with Crippen molar-refractivity contribution in [3.05, 3.63) is 52.3 Å². The van der Waals surface area contributed by atoms with Gasteiger partial charge in [0.25, 0.3) is 0 Å². The molecule has 0 aliphatic rings. The molecule has 0 atom stereocenters. The summed E-state index contributed by atoms with van der Waals surface area (Å²) in [6, 6.07) is 11.6. The number of nitrogens with zero attached hydrogens (tertiary/aromatic N) is 3. The summed E-state index contributed by atoms with van der Waals surface area (Å²) in [6.45, 7) is 4.68. The van der Waals surface area contributed by atoms with Gasteiger partial charge in [-0.05, 0) is 59.6 Å². The molecule has 0 saturated heterocycles. The van der Waals surface area contributed by atoms with Gasteiger partial charge in [-0.1, -0.05) is 19.9 Å². The normalized spacial score (nSPS) is 11.1. The number of benzene rings is 2. The van der Waals surface area contributed by atoms with Crippen molar-refractivity contribution in [2.45, 2.75) is 26.3 Å². The van der Waals surface area contributed by atoms with Gasteiger partial charge in [-0.15, -0.1) is 0 Å². The molecular formula is C21H26N4O2S. The molecule has 1 heterocycles. The second-order valence-corrected chi connectivity index (χ2v) is 7.65. The first-order chi connectivity index (χ1) is 13.3. The lowest BCUT2D eigenvalue weighted by Gasteiger charge is -2.18. The number of ether oxygens (including phenoxy) is 1. The molecule has 28 heavy (non-hydrogen) atoms. The molecular weight excluding hydrogens is 372 g/mol. The highest BCUT2D eigenvalue weighted by atomic mass is 32.1. The molecule has 148 valence electrons. The summed E-state index contributed by atoms with van der Waals surface area (Å²) in [5.41, 5.74) is 3.89. The molecule has 0 aliphatic heterocycles. The zero-order valence-electron chi connectivity index (χ0n) is 16.9. The van der Waals surface area contributed by atoms with Gasteiger partial charge in [-0.25, -0.2) is 0 Å². The molecule has 0 aliphatic carbocycles. The van der Waals surface area contributed by atoms with Crippen LogP contribution in [0.5, 0.6) is 11.5 Å². The van der Waals surface area contributed by atoms with Gasteiger partial charge in [0.15, 0.2) is 10.6 Å². The van der Waals surface area contributed by atoms with Crippen LogP contribution in [0.2, 0.25) is 0 Å². The van der Waals surface area contributed by atoms with Crippen LogP contribution < -0.4 is 9.64 Å². The Morgan fingerprint density at radius 3 is 2.61 bits per heavy atom. The Balaban J connectivity index is 2.02. The minimum Gasteiger partial charge on any atom is -0.508 e. The van der Waals surface area contributed by atoms with Gasteiger partial charge in [0.1, 0.15) is 11.5 Å². The van der Waals surface area contributed by atoms with Crippen LogP contribution in [0.15, 0.2) is 36.4 Å². The highest BCUT2D eigenvalue weighted by Gasteiger charge is 2.14. The lowest BCUT2D eigenvalue weighted by Crippen LogP contribution is -2.11. The monoisotopic (exact) mass is 398 g/mol. The maximum absolute atomic E-state index is 10.1. The van der Waals surface area contributed by atoms with Crippen molar-refractivity contribution < 1.29 is 9.84 Å². The van der Waals surface area contributed by atoms with Gasteiger partial charge in [-0.2, -0.15) is 5.10 Å². The largest absolute Gasteiger partial charge is 0.508 e. The summed E-state index contributed by atoms with van der Waals surface area (Å²) in [5, 5.41) is 17.5. The molecule has 0 saturated carbocycles. The SMILES string of the molecule is COc1ccc(Cn2c(-c3ccc(O)c(C(C)C)c3)n[nH]c2=S)cc1N(C)C. The molecule has 3 aromatic rings. The first-order valence-electron chi connectivity index (χ1n) is 9.14. The van der Waals surface area contributed by atoms with Crippen molar-refractivity contribution in [1.29, 1.82) is 0 Å². The van der Waals surface area contributed by atoms with Gasteiger partial charge >= 0.3 is 0 Å². The number of phenolic OH excluding ortho intramolecular Hbond substituents is 1. The van der Waals surface area contributed by atoms with Crippen molar-refractivity contribution in [3.8, 4) is 22.9 Å². The Bertz CT molecular complexity index is 1040. The maximum Gasteiger partial charge on any atom is 0.195 e. The van der Waals surface area contributed by atoms with Crippen molar-refractivity contribution in [2.75, 3.05) is 26.1 Å². The zero-order chi connectivity index (χ0) is 20.4. The van der Waals surface area contributed by atoms with Gasteiger partial charge in [0.2, 0.25) is 0 Å². The molecule has 0 spiro atoms. The van der Waals surface area contributed by atoms with E-state index in [0.29, 0.717) is 17.1 Å². The number of anilines is 1. The van der Waals surface area contributed by atoms with Gasteiger partial charge in [0.05, 0.1) is 19.3 Å². The second kappa shape index (κ2) is 8.06. The fourth-order valence-electron chi connectivity index (χ4n) is 3.21. The maximum atomic E-state index is 10.1. The van der Waals surface area contributed by atoms with Gasteiger partial charge < -0.3 is 14.7 Å². The van der Waals surface area contributed by atoms with E-state index >= 15 is 0 Å². The van der Waals surface area contributed by atoms with E-state index in [4.69, 9.17) is 17.0 Å². The number of aromatic hydroxyl groups is 1. The molecule has 0 radical (unpaired) electrons. The van der Waals surface area contributed by atoms with E-state index in [-0.39, 0.29) is 5.92 Å². The van der Waals surface area contributed by atoms with Crippen LogP contribution >= 0.6 is 12.2 Å². The Morgan fingerprint density at radius 2 is 1.96 bits per heavy atom. The molecule has 0 amide bonds. The van der Waals surface area contributed by atoms with E-state index in [1.165, 1.54) is 0 Å². The number of methoxy groups -OCH3 is 1. The van der Waals surface area contributed by atoms with Crippen LogP contribution in [-0.4, -0.2) is 41.1 Å². The molecule has 0 fully saturated rings. The third kappa shape index (κ3) is 3.89. The molecule has 1 aromatic heterocycles. The number of H-pyrrole nitrogens is 1. The summed E-state index contributed by atoms with van der Waals surface area (Å²) >= 11 is 5.48. The van der Waals surface area contributed by atoms with Gasteiger partial charge in [-0.3, -0.25) is 9.67 Å². The smallest absolute Gasteiger partial charge is 0.195 e. The van der Waals surface area contributed by atoms with Crippen LogP contribution in [0.25, 0.3) is 11.4 Å². The molecule has 3 rings (SSSR count). The van der Waals surface area contributed by atoms with E-state index < -0.39 is 0 Å². The highest BCUT2D eigenvalue weighted by molar-refractivity contribution is 7.71. The number of aromatic amines is 1. The van der Waals surface area contributed by atoms with Crippen LogP contribution in [-0.2, 0) is 6.54 Å². The molecule has 2 N–H and O–H groups in total.